The van der Waals surface area contributed by atoms with Crippen molar-refractivity contribution in [1.82, 2.24) is 9.78 Å². The van der Waals surface area contributed by atoms with Crippen LogP contribution in [0.1, 0.15) is 11.1 Å². The van der Waals surface area contributed by atoms with E-state index < -0.39 is 0 Å². The average molecular weight is 308 g/mol. The minimum atomic E-state index is -0.132. The molecular formula is C14H11Cl2N3O. The van der Waals surface area contributed by atoms with Gasteiger partial charge in [-0.3, -0.25) is 9.48 Å². The van der Waals surface area contributed by atoms with E-state index >= 15 is 0 Å². The molecule has 1 N–H and O–H groups in total. The van der Waals surface area contributed by atoms with E-state index in [2.05, 4.69) is 10.4 Å². The Morgan fingerprint density at radius 3 is 3.05 bits per heavy atom. The van der Waals surface area contributed by atoms with Crippen molar-refractivity contribution in [3.8, 4) is 0 Å². The van der Waals surface area contributed by atoms with Crippen LogP contribution in [0, 0.1) is 0 Å². The standard InChI is InChI=1S/C14H11Cl2N3O/c15-3-4-19-8-9(7-17-19)5-12-11-2-1-10(16)6-13(11)18-14(12)20/h1-2,5-8H,3-4H2,(H,18,20)/b12-5-. The van der Waals surface area contributed by atoms with Crippen LogP contribution in [0.5, 0.6) is 0 Å². The molecule has 1 aromatic carbocycles. The number of carbonyl (C=O) groups is 1. The second-order valence-corrected chi connectivity index (χ2v) is 5.24. The lowest BCUT2D eigenvalue weighted by molar-refractivity contribution is -0.110. The number of nitrogens with one attached hydrogen (secondary N) is 1. The van der Waals surface area contributed by atoms with Crippen LogP contribution < -0.4 is 5.32 Å². The fourth-order valence-electron chi connectivity index (χ4n) is 2.14. The first-order chi connectivity index (χ1) is 9.67. The molecular weight excluding hydrogens is 297 g/mol. The maximum atomic E-state index is 12.0. The number of amides is 1. The molecule has 1 aromatic heterocycles. The minimum Gasteiger partial charge on any atom is -0.321 e. The summed E-state index contributed by atoms with van der Waals surface area (Å²) in [6.45, 7) is 0.642. The molecule has 2 heterocycles. The number of carbonyl (C=O) groups excluding carboxylic acids is 1. The Hall–Kier alpha value is -1.78. The average Bonchev–Trinajstić information content (AvgIpc) is 2.96. The first-order valence-electron chi connectivity index (χ1n) is 6.09. The first kappa shape index (κ1) is 13.2. The molecule has 0 unspecified atom stereocenters. The molecule has 0 bridgehead atoms. The van der Waals surface area contributed by atoms with Crippen molar-refractivity contribution in [2.75, 3.05) is 11.2 Å². The SMILES string of the molecule is O=C1Nc2cc(Cl)ccc2/C1=C/c1cnn(CCCl)c1. The quantitative estimate of drug-likeness (QED) is 0.699. The Morgan fingerprint density at radius 2 is 2.25 bits per heavy atom. The molecule has 3 rings (SSSR count). The van der Waals surface area contributed by atoms with Crippen LogP contribution in [0.2, 0.25) is 5.02 Å². The summed E-state index contributed by atoms with van der Waals surface area (Å²) >= 11 is 11.6. The number of halogens is 2. The largest absolute Gasteiger partial charge is 0.321 e. The van der Waals surface area contributed by atoms with Crippen molar-refractivity contribution in [2.24, 2.45) is 0 Å². The van der Waals surface area contributed by atoms with Gasteiger partial charge in [-0.05, 0) is 18.2 Å². The van der Waals surface area contributed by atoms with E-state index in [4.69, 9.17) is 23.2 Å². The summed E-state index contributed by atoms with van der Waals surface area (Å²) < 4.78 is 1.75. The van der Waals surface area contributed by atoms with Gasteiger partial charge in [0.25, 0.3) is 5.91 Å². The van der Waals surface area contributed by atoms with E-state index in [9.17, 15) is 4.79 Å². The molecule has 1 aliphatic rings. The molecule has 0 saturated heterocycles. The molecule has 0 atom stereocenters. The number of fused-ring (bicyclic) bond motifs is 1. The third-order valence-electron chi connectivity index (χ3n) is 3.04. The number of aromatic nitrogens is 2. The van der Waals surface area contributed by atoms with Crippen molar-refractivity contribution < 1.29 is 4.79 Å². The fraction of sp³-hybridized carbons (Fsp3) is 0.143. The Bertz CT molecular complexity index is 706. The van der Waals surface area contributed by atoms with Crippen molar-refractivity contribution in [1.29, 1.82) is 0 Å². The number of alkyl halides is 1. The maximum Gasteiger partial charge on any atom is 0.256 e. The molecule has 0 aliphatic carbocycles. The van der Waals surface area contributed by atoms with E-state index in [0.717, 1.165) is 16.8 Å². The lowest BCUT2D eigenvalue weighted by Crippen LogP contribution is -2.03. The minimum absolute atomic E-state index is 0.132. The number of nitrogens with zero attached hydrogens (tertiary/aromatic N) is 2. The molecule has 1 aliphatic heterocycles. The van der Waals surface area contributed by atoms with Crippen molar-refractivity contribution in [3.63, 3.8) is 0 Å². The predicted octanol–water partition coefficient (Wildman–Crippen LogP) is 3.27. The summed E-state index contributed by atoms with van der Waals surface area (Å²) in [5, 5.41) is 7.58. The van der Waals surface area contributed by atoms with Gasteiger partial charge in [0.15, 0.2) is 0 Å². The van der Waals surface area contributed by atoms with Crippen molar-refractivity contribution in [3.05, 3.63) is 46.7 Å². The monoisotopic (exact) mass is 307 g/mol. The van der Waals surface area contributed by atoms with Crippen LogP contribution in [-0.2, 0) is 11.3 Å². The number of hydrogen-bond acceptors (Lipinski definition) is 2. The van der Waals surface area contributed by atoms with E-state index in [-0.39, 0.29) is 5.91 Å². The Balaban J connectivity index is 1.97. The zero-order valence-corrected chi connectivity index (χ0v) is 11.9. The highest BCUT2D eigenvalue weighted by atomic mass is 35.5. The Morgan fingerprint density at radius 1 is 1.40 bits per heavy atom. The number of rotatable bonds is 3. The topological polar surface area (TPSA) is 46.9 Å². The number of hydrogen-bond donors (Lipinski definition) is 1. The Labute approximate surface area is 126 Å². The van der Waals surface area contributed by atoms with Crippen LogP contribution in [0.25, 0.3) is 11.6 Å². The second-order valence-electron chi connectivity index (χ2n) is 4.43. The highest BCUT2D eigenvalue weighted by Gasteiger charge is 2.24. The van der Waals surface area contributed by atoms with Crippen LogP contribution in [0.3, 0.4) is 0 Å². The zero-order chi connectivity index (χ0) is 14.1. The summed E-state index contributed by atoms with van der Waals surface area (Å²) in [5.74, 6) is 0.367. The van der Waals surface area contributed by atoms with Gasteiger partial charge in [0, 0.05) is 33.8 Å². The molecule has 0 fully saturated rings. The highest BCUT2D eigenvalue weighted by molar-refractivity contribution is 6.36. The third kappa shape index (κ3) is 2.44. The molecule has 6 heteroatoms. The molecule has 20 heavy (non-hydrogen) atoms. The van der Waals surface area contributed by atoms with Gasteiger partial charge < -0.3 is 5.32 Å². The van der Waals surface area contributed by atoms with Gasteiger partial charge in [0.05, 0.1) is 18.4 Å². The number of benzene rings is 1. The van der Waals surface area contributed by atoms with Crippen LogP contribution in [0.15, 0.2) is 30.6 Å². The van der Waals surface area contributed by atoms with Crippen LogP contribution >= 0.6 is 23.2 Å². The number of aryl methyl sites for hydroxylation is 1. The lowest BCUT2D eigenvalue weighted by atomic mass is 10.1. The molecule has 0 radical (unpaired) electrons. The molecule has 2 aromatic rings. The van der Waals surface area contributed by atoms with Crippen molar-refractivity contribution in [2.45, 2.75) is 6.54 Å². The first-order valence-corrected chi connectivity index (χ1v) is 7.00. The van der Waals surface area contributed by atoms with Crippen LogP contribution in [0.4, 0.5) is 5.69 Å². The summed E-state index contributed by atoms with van der Waals surface area (Å²) in [5.41, 5.74) is 3.07. The van der Waals surface area contributed by atoms with E-state index in [1.807, 2.05) is 18.3 Å². The molecule has 102 valence electrons. The third-order valence-corrected chi connectivity index (χ3v) is 3.45. The van der Waals surface area contributed by atoms with Crippen LogP contribution in [-0.4, -0.2) is 21.6 Å². The summed E-state index contributed by atoms with van der Waals surface area (Å²) in [4.78, 5) is 12.0. The van der Waals surface area contributed by atoms with Crippen molar-refractivity contribution >= 4 is 46.4 Å². The van der Waals surface area contributed by atoms with Gasteiger partial charge in [-0.1, -0.05) is 17.7 Å². The van der Waals surface area contributed by atoms with Gasteiger partial charge in [0.2, 0.25) is 0 Å². The van der Waals surface area contributed by atoms with E-state index in [1.54, 1.807) is 23.0 Å². The summed E-state index contributed by atoms with van der Waals surface area (Å²) in [7, 11) is 0. The number of anilines is 1. The van der Waals surface area contributed by atoms with Gasteiger partial charge in [-0.15, -0.1) is 11.6 Å². The fourth-order valence-corrected chi connectivity index (χ4v) is 2.48. The van der Waals surface area contributed by atoms with Gasteiger partial charge in [-0.2, -0.15) is 5.10 Å². The van der Waals surface area contributed by atoms with Gasteiger partial charge in [-0.25, -0.2) is 0 Å². The zero-order valence-electron chi connectivity index (χ0n) is 10.4. The second kappa shape index (κ2) is 5.31. The lowest BCUT2D eigenvalue weighted by Gasteiger charge is -1.98. The summed E-state index contributed by atoms with van der Waals surface area (Å²) in [6.07, 6.45) is 5.38. The van der Waals surface area contributed by atoms with Gasteiger partial charge in [0.1, 0.15) is 0 Å². The van der Waals surface area contributed by atoms with Gasteiger partial charge >= 0.3 is 0 Å². The highest BCUT2D eigenvalue weighted by Crippen LogP contribution is 2.34. The molecule has 1 amide bonds. The summed E-state index contributed by atoms with van der Waals surface area (Å²) in [6, 6.07) is 5.35. The normalized spacial score (nSPS) is 15.5. The van der Waals surface area contributed by atoms with E-state index in [1.165, 1.54) is 0 Å². The molecule has 0 saturated carbocycles. The molecule has 0 spiro atoms. The Kier molecular flexibility index (Phi) is 3.51. The maximum absolute atomic E-state index is 12.0. The smallest absolute Gasteiger partial charge is 0.256 e. The van der Waals surface area contributed by atoms with E-state index in [0.29, 0.717) is 23.0 Å². The predicted molar refractivity (Wildman–Crippen MR) is 80.9 cm³/mol. The molecule has 4 nitrogen and oxygen atoms in total.